The predicted molar refractivity (Wildman–Crippen MR) is 99.8 cm³/mol. The van der Waals surface area contributed by atoms with Gasteiger partial charge in [-0.1, -0.05) is 18.2 Å². The molecule has 1 aromatic carbocycles. The third-order valence-electron chi connectivity index (χ3n) is 6.07. The van der Waals surface area contributed by atoms with Gasteiger partial charge in [-0.25, -0.2) is 0 Å². The Labute approximate surface area is 157 Å². The molecule has 0 spiro atoms. The van der Waals surface area contributed by atoms with Gasteiger partial charge in [-0.15, -0.1) is 0 Å². The summed E-state index contributed by atoms with van der Waals surface area (Å²) in [6.07, 6.45) is 1.10. The highest BCUT2D eigenvalue weighted by Gasteiger charge is 2.37. The standard InChI is InChI=1S/C21H21N3O3/c25-19-7-3-6-18-15-10-14(12-24(18)19)11-22(13-15)8-9-23-20(26)16-4-1-2-5-17(16)21(23)27/h1-7,14-15H,8-13H2/t14-,15-/m0/s1. The van der Waals surface area contributed by atoms with E-state index in [0.29, 0.717) is 36.1 Å². The maximum Gasteiger partial charge on any atom is 0.261 e. The summed E-state index contributed by atoms with van der Waals surface area (Å²) in [5.41, 5.74) is 2.21. The van der Waals surface area contributed by atoms with E-state index < -0.39 is 0 Å². The summed E-state index contributed by atoms with van der Waals surface area (Å²) < 4.78 is 1.92. The highest BCUT2D eigenvalue weighted by molar-refractivity contribution is 6.21. The van der Waals surface area contributed by atoms with Crippen molar-refractivity contribution < 1.29 is 9.59 Å². The number of fused-ring (bicyclic) bond motifs is 5. The number of aromatic nitrogens is 1. The van der Waals surface area contributed by atoms with Crippen molar-refractivity contribution in [2.75, 3.05) is 26.2 Å². The van der Waals surface area contributed by atoms with E-state index >= 15 is 0 Å². The van der Waals surface area contributed by atoms with E-state index in [9.17, 15) is 14.4 Å². The number of rotatable bonds is 3. The number of pyridine rings is 1. The lowest BCUT2D eigenvalue weighted by atomic mass is 9.83. The Morgan fingerprint density at radius 3 is 2.30 bits per heavy atom. The maximum absolute atomic E-state index is 12.5. The highest BCUT2D eigenvalue weighted by Crippen LogP contribution is 2.35. The molecule has 2 aromatic rings. The van der Waals surface area contributed by atoms with Crippen LogP contribution in [-0.2, 0) is 6.54 Å². The van der Waals surface area contributed by atoms with Crippen LogP contribution in [0.5, 0.6) is 0 Å². The molecule has 6 nitrogen and oxygen atoms in total. The number of likely N-dealkylation sites (tertiary alicyclic amines) is 1. The van der Waals surface area contributed by atoms with Crippen LogP contribution < -0.4 is 5.56 Å². The van der Waals surface area contributed by atoms with Crippen molar-refractivity contribution in [3.8, 4) is 0 Å². The molecule has 2 atom stereocenters. The largest absolute Gasteiger partial charge is 0.312 e. The number of amides is 2. The zero-order chi connectivity index (χ0) is 18.5. The fraction of sp³-hybridized carbons (Fsp3) is 0.381. The number of carbonyl (C=O) groups excluding carboxylic acids is 2. The van der Waals surface area contributed by atoms with Crippen LogP contribution in [0, 0.1) is 5.92 Å². The van der Waals surface area contributed by atoms with Crippen LogP contribution in [0.4, 0.5) is 0 Å². The Kier molecular flexibility index (Phi) is 3.75. The fourth-order valence-electron chi connectivity index (χ4n) is 4.86. The minimum absolute atomic E-state index is 0.0849. The van der Waals surface area contributed by atoms with Crippen molar-refractivity contribution in [2.24, 2.45) is 5.92 Å². The van der Waals surface area contributed by atoms with E-state index in [1.54, 1.807) is 30.3 Å². The van der Waals surface area contributed by atoms with Gasteiger partial charge < -0.3 is 9.47 Å². The highest BCUT2D eigenvalue weighted by atomic mass is 16.2. The fourth-order valence-corrected chi connectivity index (χ4v) is 4.86. The second-order valence-electron chi connectivity index (χ2n) is 7.77. The van der Waals surface area contributed by atoms with Gasteiger partial charge in [0.1, 0.15) is 0 Å². The van der Waals surface area contributed by atoms with Crippen molar-refractivity contribution >= 4 is 11.8 Å². The molecule has 27 heavy (non-hydrogen) atoms. The van der Waals surface area contributed by atoms with E-state index in [-0.39, 0.29) is 17.4 Å². The molecule has 1 fully saturated rings. The summed E-state index contributed by atoms with van der Waals surface area (Å²) in [6, 6.07) is 12.5. The van der Waals surface area contributed by atoms with Crippen molar-refractivity contribution in [3.05, 3.63) is 69.6 Å². The normalized spacial score (nSPS) is 24.1. The Morgan fingerprint density at radius 2 is 1.56 bits per heavy atom. The molecule has 0 N–H and O–H groups in total. The maximum atomic E-state index is 12.5. The van der Waals surface area contributed by atoms with Gasteiger partial charge in [-0.3, -0.25) is 19.3 Å². The van der Waals surface area contributed by atoms with Crippen molar-refractivity contribution in [1.29, 1.82) is 0 Å². The molecule has 1 saturated heterocycles. The molecule has 0 unspecified atom stereocenters. The average Bonchev–Trinajstić information content (AvgIpc) is 2.92. The lowest BCUT2D eigenvalue weighted by Crippen LogP contribution is -2.49. The third kappa shape index (κ3) is 2.63. The lowest BCUT2D eigenvalue weighted by Gasteiger charge is -2.43. The number of nitrogens with zero attached hydrogens (tertiary/aromatic N) is 3. The average molecular weight is 363 g/mol. The molecule has 0 radical (unpaired) electrons. The summed E-state index contributed by atoms with van der Waals surface area (Å²) in [4.78, 5) is 40.9. The van der Waals surface area contributed by atoms with E-state index in [2.05, 4.69) is 11.0 Å². The van der Waals surface area contributed by atoms with Crippen molar-refractivity contribution in [3.63, 3.8) is 0 Å². The summed E-state index contributed by atoms with van der Waals surface area (Å²) in [7, 11) is 0. The number of imide groups is 1. The predicted octanol–water partition coefficient (Wildman–Crippen LogP) is 1.56. The summed E-state index contributed by atoms with van der Waals surface area (Å²) in [5.74, 6) is 0.404. The molecule has 6 heteroatoms. The Bertz CT molecular complexity index is 961. The van der Waals surface area contributed by atoms with Crippen LogP contribution in [0.2, 0.25) is 0 Å². The van der Waals surface area contributed by atoms with Gasteiger partial charge in [0.15, 0.2) is 0 Å². The molecule has 138 valence electrons. The molecule has 2 bridgehead atoms. The van der Waals surface area contributed by atoms with Crippen LogP contribution in [-0.4, -0.2) is 52.4 Å². The van der Waals surface area contributed by atoms with Crippen LogP contribution in [0.1, 0.15) is 38.7 Å². The quantitative estimate of drug-likeness (QED) is 0.777. The molecule has 5 rings (SSSR count). The number of hydrogen-bond donors (Lipinski definition) is 0. The Morgan fingerprint density at radius 1 is 0.815 bits per heavy atom. The minimum Gasteiger partial charge on any atom is -0.312 e. The molecule has 0 saturated carbocycles. The first kappa shape index (κ1) is 16.4. The van der Waals surface area contributed by atoms with Gasteiger partial charge in [-0.2, -0.15) is 0 Å². The minimum atomic E-state index is -0.190. The molecule has 3 aliphatic heterocycles. The monoisotopic (exact) mass is 363 g/mol. The lowest BCUT2D eigenvalue weighted by molar-refractivity contribution is 0.0603. The number of benzene rings is 1. The van der Waals surface area contributed by atoms with Gasteiger partial charge >= 0.3 is 0 Å². The van der Waals surface area contributed by atoms with Gasteiger partial charge in [0, 0.05) is 50.4 Å². The van der Waals surface area contributed by atoms with Crippen LogP contribution >= 0.6 is 0 Å². The molecule has 3 aliphatic rings. The number of hydrogen-bond acceptors (Lipinski definition) is 4. The third-order valence-corrected chi connectivity index (χ3v) is 6.07. The van der Waals surface area contributed by atoms with Crippen LogP contribution in [0.15, 0.2) is 47.3 Å². The Hall–Kier alpha value is -2.73. The van der Waals surface area contributed by atoms with E-state index in [0.717, 1.165) is 31.7 Å². The summed E-state index contributed by atoms with van der Waals surface area (Å²) >= 11 is 0. The van der Waals surface area contributed by atoms with Gasteiger partial charge in [0.2, 0.25) is 0 Å². The Balaban J connectivity index is 1.30. The molecular formula is C21H21N3O3. The first-order valence-electron chi connectivity index (χ1n) is 9.49. The number of piperidine rings is 1. The topological polar surface area (TPSA) is 62.6 Å². The van der Waals surface area contributed by atoms with Crippen molar-refractivity contribution in [1.82, 2.24) is 14.4 Å². The van der Waals surface area contributed by atoms with E-state index in [4.69, 9.17) is 0 Å². The van der Waals surface area contributed by atoms with Crippen LogP contribution in [0.3, 0.4) is 0 Å². The molecular weight excluding hydrogens is 342 g/mol. The first-order chi connectivity index (χ1) is 13.1. The summed E-state index contributed by atoms with van der Waals surface area (Å²) in [5, 5.41) is 0. The smallest absolute Gasteiger partial charge is 0.261 e. The van der Waals surface area contributed by atoms with E-state index in [1.807, 2.05) is 10.6 Å². The zero-order valence-corrected chi connectivity index (χ0v) is 15.0. The van der Waals surface area contributed by atoms with Gasteiger partial charge in [-0.05, 0) is 30.5 Å². The molecule has 2 amide bonds. The van der Waals surface area contributed by atoms with Crippen molar-refractivity contribution in [2.45, 2.75) is 18.9 Å². The summed E-state index contributed by atoms with van der Waals surface area (Å²) in [6.45, 7) is 3.61. The molecule has 0 aliphatic carbocycles. The molecule has 1 aromatic heterocycles. The second kappa shape index (κ2) is 6.16. The van der Waals surface area contributed by atoms with Crippen LogP contribution in [0.25, 0.3) is 0 Å². The first-order valence-corrected chi connectivity index (χ1v) is 9.49. The van der Waals surface area contributed by atoms with Gasteiger partial charge in [0.05, 0.1) is 11.1 Å². The number of carbonyl (C=O) groups is 2. The zero-order valence-electron chi connectivity index (χ0n) is 15.0. The molecule has 4 heterocycles. The second-order valence-corrected chi connectivity index (χ2v) is 7.77. The van der Waals surface area contributed by atoms with E-state index in [1.165, 1.54) is 4.90 Å². The van der Waals surface area contributed by atoms with Gasteiger partial charge in [0.25, 0.3) is 17.4 Å². The SMILES string of the molecule is O=C1c2ccccc2C(=O)N1CCN1C[C@@H]2C[C@@H](C1)c1cccc(=O)n1C2.